The first-order valence-electron chi connectivity index (χ1n) is 8.83. The number of halogens is 4. The standard InChI is InChI=1S/C16H27F3N4O2.HI/c1-20-15(21-7-3-2-6-16(17,18)19)23-10-8-22(9-11-23)14(24)13-5-4-12-25-13;/h13H,2-12H2,1H3,(H,20,21);1H. The summed E-state index contributed by atoms with van der Waals surface area (Å²) in [7, 11) is 1.65. The first-order valence-corrected chi connectivity index (χ1v) is 8.83. The fraction of sp³-hybridized carbons (Fsp3) is 0.875. The van der Waals surface area contributed by atoms with E-state index in [0.717, 1.165) is 12.8 Å². The summed E-state index contributed by atoms with van der Waals surface area (Å²) in [5.74, 6) is 0.739. The Balaban J connectivity index is 0.00000338. The van der Waals surface area contributed by atoms with Gasteiger partial charge in [-0.2, -0.15) is 13.2 Å². The van der Waals surface area contributed by atoms with E-state index in [1.807, 2.05) is 9.80 Å². The minimum atomic E-state index is -4.09. The molecule has 1 unspecified atom stereocenters. The van der Waals surface area contributed by atoms with Gasteiger partial charge in [0, 0.05) is 52.8 Å². The van der Waals surface area contributed by atoms with Crippen molar-refractivity contribution in [2.45, 2.75) is 44.4 Å². The maximum absolute atomic E-state index is 12.3. The van der Waals surface area contributed by atoms with Gasteiger partial charge in [-0.3, -0.25) is 9.79 Å². The molecule has 10 heteroatoms. The second kappa shape index (κ2) is 11.2. The fourth-order valence-corrected chi connectivity index (χ4v) is 3.10. The van der Waals surface area contributed by atoms with E-state index >= 15 is 0 Å². The fourth-order valence-electron chi connectivity index (χ4n) is 3.10. The van der Waals surface area contributed by atoms with Gasteiger partial charge in [0.25, 0.3) is 5.91 Å². The van der Waals surface area contributed by atoms with Crippen molar-refractivity contribution in [3.63, 3.8) is 0 Å². The van der Waals surface area contributed by atoms with Gasteiger partial charge in [-0.15, -0.1) is 24.0 Å². The lowest BCUT2D eigenvalue weighted by molar-refractivity contribution is -0.142. The largest absolute Gasteiger partial charge is 0.389 e. The molecule has 6 nitrogen and oxygen atoms in total. The summed E-state index contributed by atoms with van der Waals surface area (Å²) in [6.07, 6.45) is -2.86. The zero-order valence-corrected chi connectivity index (χ0v) is 17.4. The van der Waals surface area contributed by atoms with Crippen LogP contribution in [0, 0.1) is 0 Å². The highest BCUT2D eigenvalue weighted by molar-refractivity contribution is 14.0. The number of amides is 1. The Kier molecular flexibility index (Phi) is 9.98. The Labute approximate surface area is 169 Å². The molecule has 2 fully saturated rings. The number of alkyl halides is 3. The number of rotatable bonds is 5. The SMILES string of the molecule is CN=C(NCCCCC(F)(F)F)N1CCN(C(=O)C2CCCO2)CC1.I. The van der Waals surface area contributed by atoms with Gasteiger partial charge >= 0.3 is 6.18 Å². The molecular formula is C16H28F3IN4O2. The maximum atomic E-state index is 12.3. The third-order valence-corrected chi connectivity index (χ3v) is 4.48. The summed E-state index contributed by atoms with van der Waals surface area (Å²) in [6.45, 7) is 3.63. The highest BCUT2D eigenvalue weighted by Gasteiger charge is 2.31. The molecule has 152 valence electrons. The van der Waals surface area contributed by atoms with Crippen molar-refractivity contribution in [3.05, 3.63) is 0 Å². The molecule has 0 aliphatic carbocycles. The molecular weight excluding hydrogens is 464 g/mol. The average molecular weight is 492 g/mol. The highest BCUT2D eigenvalue weighted by atomic mass is 127. The zero-order chi connectivity index (χ0) is 18.3. The molecule has 0 aromatic carbocycles. The number of piperazine rings is 1. The summed E-state index contributed by atoms with van der Waals surface area (Å²) in [5.41, 5.74) is 0. The lowest BCUT2D eigenvalue weighted by Crippen LogP contribution is -2.55. The van der Waals surface area contributed by atoms with E-state index in [1.54, 1.807) is 7.05 Å². The smallest absolute Gasteiger partial charge is 0.368 e. The first kappa shape index (κ1) is 23.3. The van der Waals surface area contributed by atoms with E-state index < -0.39 is 12.6 Å². The second-order valence-electron chi connectivity index (χ2n) is 6.36. The van der Waals surface area contributed by atoms with Gasteiger partial charge in [0.05, 0.1) is 0 Å². The number of carbonyl (C=O) groups excluding carboxylic acids is 1. The van der Waals surface area contributed by atoms with Crippen LogP contribution >= 0.6 is 24.0 Å². The van der Waals surface area contributed by atoms with Gasteiger partial charge in [-0.05, 0) is 25.7 Å². The van der Waals surface area contributed by atoms with Crippen molar-refractivity contribution in [1.29, 1.82) is 0 Å². The van der Waals surface area contributed by atoms with Crippen LogP contribution in [0.1, 0.15) is 32.1 Å². The molecule has 0 saturated carbocycles. The van der Waals surface area contributed by atoms with Crippen LogP contribution in [0.5, 0.6) is 0 Å². The van der Waals surface area contributed by atoms with Crippen LogP contribution in [0.25, 0.3) is 0 Å². The molecule has 0 spiro atoms. The van der Waals surface area contributed by atoms with Crippen LogP contribution in [0.3, 0.4) is 0 Å². The molecule has 1 atom stereocenters. The summed E-state index contributed by atoms with van der Waals surface area (Å²) < 4.78 is 41.8. The molecule has 0 aromatic heterocycles. The van der Waals surface area contributed by atoms with Gasteiger partial charge in [0.15, 0.2) is 5.96 Å². The Morgan fingerprint density at radius 2 is 1.85 bits per heavy atom. The summed E-state index contributed by atoms with van der Waals surface area (Å²) >= 11 is 0. The average Bonchev–Trinajstić information content (AvgIpc) is 3.11. The Morgan fingerprint density at radius 3 is 2.38 bits per heavy atom. The maximum Gasteiger partial charge on any atom is 0.389 e. The Bertz CT molecular complexity index is 463. The number of hydrogen-bond acceptors (Lipinski definition) is 3. The number of unbranched alkanes of at least 4 members (excludes halogenated alkanes) is 1. The number of ether oxygens (including phenoxy) is 1. The molecule has 2 saturated heterocycles. The van der Waals surface area contributed by atoms with Gasteiger partial charge in [0.2, 0.25) is 0 Å². The Hall–Kier alpha value is -0.780. The summed E-state index contributed by atoms with van der Waals surface area (Å²) in [4.78, 5) is 20.4. The number of guanidine groups is 1. The highest BCUT2D eigenvalue weighted by Crippen LogP contribution is 2.21. The van der Waals surface area contributed by atoms with Crippen LogP contribution in [0.15, 0.2) is 4.99 Å². The predicted molar refractivity (Wildman–Crippen MR) is 104 cm³/mol. The number of nitrogens with one attached hydrogen (secondary N) is 1. The van der Waals surface area contributed by atoms with E-state index in [9.17, 15) is 18.0 Å². The van der Waals surface area contributed by atoms with Crippen LogP contribution in [-0.2, 0) is 9.53 Å². The van der Waals surface area contributed by atoms with Crippen molar-refractivity contribution in [3.8, 4) is 0 Å². The quantitative estimate of drug-likeness (QED) is 0.277. The molecule has 1 amide bonds. The molecule has 0 radical (unpaired) electrons. The van der Waals surface area contributed by atoms with Crippen molar-refractivity contribution in [2.75, 3.05) is 46.4 Å². The Morgan fingerprint density at radius 1 is 1.19 bits per heavy atom. The number of carbonyl (C=O) groups is 1. The topological polar surface area (TPSA) is 57.2 Å². The van der Waals surface area contributed by atoms with E-state index in [-0.39, 0.29) is 42.4 Å². The molecule has 0 aromatic rings. The number of hydrogen-bond donors (Lipinski definition) is 1. The minimum Gasteiger partial charge on any atom is -0.368 e. The van der Waals surface area contributed by atoms with E-state index in [2.05, 4.69) is 10.3 Å². The number of aliphatic imine (C=N–C) groups is 1. The first-order chi connectivity index (χ1) is 11.9. The monoisotopic (exact) mass is 492 g/mol. The van der Waals surface area contributed by atoms with Crippen molar-refractivity contribution >= 4 is 35.8 Å². The molecule has 2 aliphatic rings. The lowest BCUT2D eigenvalue weighted by atomic mass is 10.2. The molecule has 2 heterocycles. The van der Waals surface area contributed by atoms with Gasteiger partial charge < -0.3 is 19.9 Å². The molecule has 2 rings (SSSR count). The van der Waals surface area contributed by atoms with Crippen molar-refractivity contribution in [1.82, 2.24) is 15.1 Å². The van der Waals surface area contributed by atoms with Crippen LogP contribution < -0.4 is 5.32 Å². The lowest BCUT2D eigenvalue weighted by Gasteiger charge is -2.37. The van der Waals surface area contributed by atoms with Crippen LogP contribution in [-0.4, -0.2) is 80.3 Å². The van der Waals surface area contributed by atoms with E-state index in [1.165, 1.54) is 0 Å². The van der Waals surface area contributed by atoms with Gasteiger partial charge in [-0.25, -0.2) is 0 Å². The van der Waals surface area contributed by atoms with Gasteiger partial charge in [0.1, 0.15) is 6.10 Å². The summed E-state index contributed by atoms with van der Waals surface area (Å²) in [5, 5.41) is 3.10. The molecule has 1 N–H and O–H groups in total. The molecule has 2 aliphatic heterocycles. The third kappa shape index (κ3) is 7.45. The van der Waals surface area contributed by atoms with E-state index in [0.29, 0.717) is 51.7 Å². The van der Waals surface area contributed by atoms with E-state index in [4.69, 9.17) is 4.74 Å². The second-order valence-corrected chi connectivity index (χ2v) is 6.36. The molecule has 0 bridgehead atoms. The van der Waals surface area contributed by atoms with Crippen LogP contribution in [0.2, 0.25) is 0 Å². The normalized spacial score (nSPS) is 21.5. The predicted octanol–water partition coefficient (Wildman–Crippen LogP) is 2.24. The minimum absolute atomic E-state index is 0. The summed E-state index contributed by atoms with van der Waals surface area (Å²) in [6, 6.07) is 0. The molecule has 26 heavy (non-hydrogen) atoms. The number of nitrogens with zero attached hydrogens (tertiary/aromatic N) is 3. The van der Waals surface area contributed by atoms with Crippen LogP contribution in [0.4, 0.5) is 13.2 Å². The third-order valence-electron chi connectivity index (χ3n) is 4.48. The van der Waals surface area contributed by atoms with Crippen molar-refractivity contribution < 1.29 is 22.7 Å². The van der Waals surface area contributed by atoms with Crippen molar-refractivity contribution in [2.24, 2.45) is 4.99 Å². The zero-order valence-electron chi connectivity index (χ0n) is 15.1. The van der Waals surface area contributed by atoms with Gasteiger partial charge in [-0.1, -0.05) is 0 Å².